The molecule has 0 saturated carbocycles. The van der Waals surface area contributed by atoms with Crippen LogP contribution in [0.2, 0.25) is 0 Å². The van der Waals surface area contributed by atoms with Crippen LogP contribution in [0, 0.1) is 11.3 Å². The van der Waals surface area contributed by atoms with Crippen LogP contribution in [-0.2, 0) is 0 Å². The van der Waals surface area contributed by atoms with E-state index in [1.54, 1.807) is 12.4 Å². The molecule has 1 saturated heterocycles. The number of nitrogens with zero attached hydrogens (tertiary/aromatic N) is 4. The maximum atomic E-state index is 9.51. The first-order chi connectivity index (χ1) is 13.3. The summed E-state index contributed by atoms with van der Waals surface area (Å²) in [4.78, 5) is 10.9. The van der Waals surface area contributed by atoms with Crippen molar-refractivity contribution in [3.63, 3.8) is 0 Å². The van der Waals surface area contributed by atoms with Gasteiger partial charge in [-0.2, -0.15) is 5.26 Å². The highest BCUT2D eigenvalue weighted by molar-refractivity contribution is 5.80. The number of pyridine rings is 2. The van der Waals surface area contributed by atoms with Crippen molar-refractivity contribution >= 4 is 11.5 Å². The van der Waals surface area contributed by atoms with Gasteiger partial charge in [0.05, 0.1) is 5.69 Å². The lowest BCUT2D eigenvalue weighted by atomic mass is 9.99. The number of nitriles is 1. The van der Waals surface area contributed by atoms with E-state index < -0.39 is 0 Å². The van der Waals surface area contributed by atoms with Crippen molar-refractivity contribution in [2.45, 2.75) is 19.3 Å². The average Bonchev–Trinajstić information content (AvgIpc) is 2.74. The van der Waals surface area contributed by atoms with E-state index in [1.165, 1.54) is 24.9 Å². The molecule has 0 spiro atoms. The quantitative estimate of drug-likeness (QED) is 0.759. The molecule has 3 aromatic rings. The molecule has 0 atom stereocenters. The van der Waals surface area contributed by atoms with Gasteiger partial charge in [-0.3, -0.25) is 4.98 Å². The van der Waals surface area contributed by atoms with Crippen LogP contribution in [-0.4, -0.2) is 23.1 Å². The number of rotatable bonds is 3. The lowest BCUT2D eigenvalue weighted by Crippen LogP contribution is -2.29. The lowest BCUT2D eigenvalue weighted by Gasteiger charge is -2.28. The van der Waals surface area contributed by atoms with E-state index >= 15 is 0 Å². The molecular formula is C22H21N5. The van der Waals surface area contributed by atoms with Crippen molar-refractivity contribution in [3.05, 3.63) is 60.4 Å². The maximum Gasteiger partial charge on any atom is 0.142 e. The molecule has 0 unspecified atom stereocenters. The zero-order chi connectivity index (χ0) is 18.6. The Bertz CT molecular complexity index is 968. The first-order valence-corrected chi connectivity index (χ1v) is 9.22. The number of nitrogens with two attached hydrogens (primary N) is 1. The summed E-state index contributed by atoms with van der Waals surface area (Å²) in [5.41, 5.74) is 11.2. The smallest absolute Gasteiger partial charge is 0.142 e. The van der Waals surface area contributed by atoms with Crippen molar-refractivity contribution in [2.75, 3.05) is 23.7 Å². The van der Waals surface area contributed by atoms with Gasteiger partial charge in [0.15, 0.2) is 0 Å². The van der Waals surface area contributed by atoms with Crippen molar-refractivity contribution < 1.29 is 0 Å². The fraction of sp³-hybridized carbons (Fsp3) is 0.227. The highest BCUT2D eigenvalue weighted by atomic mass is 15.1. The zero-order valence-electron chi connectivity index (χ0n) is 15.1. The first kappa shape index (κ1) is 17.0. The minimum Gasteiger partial charge on any atom is -0.383 e. The van der Waals surface area contributed by atoms with Crippen LogP contribution in [0.5, 0.6) is 0 Å². The van der Waals surface area contributed by atoms with Crippen molar-refractivity contribution in [1.29, 1.82) is 5.26 Å². The third-order valence-electron chi connectivity index (χ3n) is 5.03. The molecule has 5 heteroatoms. The van der Waals surface area contributed by atoms with E-state index in [-0.39, 0.29) is 5.82 Å². The molecule has 1 fully saturated rings. The van der Waals surface area contributed by atoms with E-state index in [1.807, 2.05) is 18.2 Å². The van der Waals surface area contributed by atoms with Gasteiger partial charge in [-0.15, -0.1) is 0 Å². The number of hydrogen-bond donors (Lipinski definition) is 1. The summed E-state index contributed by atoms with van der Waals surface area (Å²) < 4.78 is 0. The van der Waals surface area contributed by atoms with Gasteiger partial charge in [0.25, 0.3) is 0 Å². The molecular weight excluding hydrogens is 334 g/mol. The van der Waals surface area contributed by atoms with Crippen LogP contribution in [0.15, 0.2) is 54.9 Å². The van der Waals surface area contributed by atoms with E-state index in [9.17, 15) is 5.26 Å². The number of aromatic nitrogens is 2. The van der Waals surface area contributed by atoms with E-state index in [4.69, 9.17) is 5.73 Å². The monoisotopic (exact) mass is 355 g/mol. The van der Waals surface area contributed by atoms with Gasteiger partial charge >= 0.3 is 0 Å². The maximum absolute atomic E-state index is 9.51. The molecule has 27 heavy (non-hydrogen) atoms. The number of anilines is 2. The van der Waals surface area contributed by atoms with Gasteiger partial charge < -0.3 is 10.6 Å². The minimum absolute atomic E-state index is 0.252. The average molecular weight is 355 g/mol. The highest BCUT2D eigenvalue weighted by Crippen LogP contribution is 2.31. The molecule has 2 N–H and O–H groups in total. The lowest BCUT2D eigenvalue weighted by molar-refractivity contribution is 0.578. The third kappa shape index (κ3) is 3.47. The Labute approximate surface area is 159 Å². The standard InChI is InChI=1S/C22H21N5/c23-15-20-19(16-8-10-25-11-9-16)14-21(26-22(20)24)17-4-6-18(7-5-17)27-12-2-1-3-13-27/h4-11,14H,1-3,12-13H2,(H2,24,26). The van der Waals surface area contributed by atoms with Crippen molar-refractivity contribution in [2.24, 2.45) is 0 Å². The number of benzene rings is 1. The number of piperidine rings is 1. The molecule has 0 radical (unpaired) electrons. The minimum atomic E-state index is 0.252. The van der Waals surface area contributed by atoms with Gasteiger partial charge in [0.1, 0.15) is 17.5 Å². The first-order valence-electron chi connectivity index (χ1n) is 9.22. The molecule has 0 bridgehead atoms. The summed E-state index contributed by atoms with van der Waals surface area (Å²) >= 11 is 0. The van der Waals surface area contributed by atoms with Crippen LogP contribution < -0.4 is 10.6 Å². The Morgan fingerprint density at radius 1 is 0.926 bits per heavy atom. The van der Waals surface area contributed by atoms with Crippen LogP contribution >= 0.6 is 0 Å². The Morgan fingerprint density at radius 2 is 1.63 bits per heavy atom. The SMILES string of the molecule is N#Cc1c(-c2ccncc2)cc(-c2ccc(N3CCCCC3)cc2)nc1N. The Hall–Kier alpha value is -3.39. The van der Waals surface area contributed by atoms with Crippen LogP contribution in [0.1, 0.15) is 24.8 Å². The van der Waals surface area contributed by atoms with Crippen LogP contribution in [0.25, 0.3) is 22.4 Å². The normalized spacial score (nSPS) is 14.0. The number of nitrogen functional groups attached to an aromatic ring is 1. The topological polar surface area (TPSA) is 78.8 Å². The summed E-state index contributed by atoms with van der Waals surface area (Å²) in [7, 11) is 0. The Balaban J connectivity index is 1.72. The molecule has 1 aliphatic heterocycles. The van der Waals surface area contributed by atoms with Crippen LogP contribution in [0.3, 0.4) is 0 Å². The molecule has 134 valence electrons. The summed E-state index contributed by atoms with van der Waals surface area (Å²) in [5, 5.41) is 9.51. The largest absolute Gasteiger partial charge is 0.383 e. The second-order valence-electron chi connectivity index (χ2n) is 6.76. The van der Waals surface area contributed by atoms with Crippen LogP contribution in [0.4, 0.5) is 11.5 Å². The molecule has 2 aromatic heterocycles. The highest BCUT2D eigenvalue weighted by Gasteiger charge is 2.14. The van der Waals surface area contributed by atoms with Crippen molar-refractivity contribution in [3.8, 4) is 28.5 Å². The number of hydrogen-bond acceptors (Lipinski definition) is 5. The second kappa shape index (κ2) is 7.46. The fourth-order valence-corrected chi connectivity index (χ4v) is 3.58. The summed E-state index contributed by atoms with van der Waals surface area (Å²) in [6.07, 6.45) is 7.25. The summed E-state index contributed by atoms with van der Waals surface area (Å²) in [6.45, 7) is 2.24. The Kier molecular flexibility index (Phi) is 4.71. The van der Waals surface area contributed by atoms with Gasteiger partial charge in [-0.1, -0.05) is 12.1 Å². The third-order valence-corrected chi connectivity index (χ3v) is 5.03. The predicted octanol–water partition coefficient (Wildman–Crippen LogP) is 4.25. The second-order valence-corrected chi connectivity index (χ2v) is 6.76. The zero-order valence-corrected chi connectivity index (χ0v) is 15.1. The van der Waals surface area contributed by atoms with E-state index in [0.717, 1.165) is 35.5 Å². The summed E-state index contributed by atoms with van der Waals surface area (Å²) in [6, 6.07) is 16.3. The molecule has 1 aliphatic rings. The van der Waals surface area contributed by atoms with Gasteiger partial charge in [0.2, 0.25) is 0 Å². The Morgan fingerprint density at radius 3 is 2.30 bits per heavy atom. The molecule has 4 rings (SSSR count). The van der Waals surface area contributed by atoms with Gasteiger partial charge in [0, 0.05) is 42.3 Å². The molecule has 0 aliphatic carbocycles. The predicted molar refractivity (Wildman–Crippen MR) is 108 cm³/mol. The van der Waals surface area contributed by atoms with E-state index in [2.05, 4.69) is 45.2 Å². The van der Waals surface area contributed by atoms with Crippen molar-refractivity contribution in [1.82, 2.24) is 9.97 Å². The van der Waals surface area contributed by atoms with Gasteiger partial charge in [-0.05, 0) is 55.2 Å². The fourth-order valence-electron chi connectivity index (χ4n) is 3.58. The van der Waals surface area contributed by atoms with E-state index in [0.29, 0.717) is 5.56 Å². The molecule has 5 nitrogen and oxygen atoms in total. The summed E-state index contributed by atoms with van der Waals surface area (Å²) in [5.74, 6) is 0.252. The van der Waals surface area contributed by atoms with Gasteiger partial charge in [-0.25, -0.2) is 4.98 Å². The molecule has 0 amide bonds. The molecule has 1 aromatic carbocycles. The molecule has 3 heterocycles.